The number of hydrazine groups is 1. The first-order chi connectivity index (χ1) is 16.0. The molecule has 1 aromatic carbocycles. The second-order valence-electron chi connectivity index (χ2n) is 7.92. The van der Waals surface area contributed by atoms with E-state index in [1.807, 2.05) is 67.6 Å². The molecule has 0 saturated heterocycles. The van der Waals surface area contributed by atoms with Crippen LogP contribution < -0.4 is 19.8 Å². The molecule has 4 rings (SSSR count). The van der Waals surface area contributed by atoms with Crippen molar-refractivity contribution in [2.24, 2.45) is 0 Å². The van der Waals surface area contributed by atoms with Gasteiger partial charge in [0.25, 0.3) is 0 Å². The summed E-state index contributed by atoms with van der Waals surface area (Å²) in [5.41, 5.74) is 3.87. The van der Waals surface area contributed by atoms with Crippen LogP contribution >= 0.6 is 0 Å². The van der Waals surface area contributed by atoms with E-state index in [1.165, 1.54) is 0 Å². The summed E-state index contributed by atoms with van der Waals surface area (Å²) in [6.07, 6.45) is 7.71. The van der Waals surface area contributed by atoms with Crippen LogP contribution in [0.25, 0.3) is 5.70 Å². The predicted octanol–water partition coefficient (Wildman–Crippen LogP) is 5.16. The van der Waals surface area contributed by atoms with Crippen molar-refractivity contribution < 1.29 is 10.9 Å². The van der Waals surface area contributed by atoms with E-state index in [-0.39, 0.29) is 1.43 Å². The summed E-state index contributed by atoms with van der Waals surface area (Å²) in [5, 5.41) is 7.51. The molecule has 0 fully saturated rings. The van der Waals surface area contributed by atoms with Crippen molar-refractivity contribution in [1.82, 2.24) is 20.3 Å². The summed E-state index contributed by atoms with van der Waals surface area (Å²) in [4.78, 5) is 8.74. The molecular weight excluding hydrogens is 414 g/mol. The summed E-state index contributed by atoms with van der Waals surface area (Å²) in [5.74, 6) is 2.91. The Labute approximate surface area is 196 Å². The van der Waals surface area contributed by atoms with E-state index in [4.69, 9.17) is 9.47 Å². The van der Waals surface area contributed by atoms with Gasteiger partial charge in [0.1, 0.15) is 11.5 Å². The third-order valence-electron chi connectivity index (χ3n) is 5.74. The van der Waals surface area contributed by atoms with Gasteiger partial charge in [0.05, 0.1) is 7.11 Å². The number of likely N-dealkylation sites (N-methyl/N-ethyl adjacent to an activating group) is 1. The van der Waals surface area contributed by atoms with Gasteiger partial charge >= 0.3 is 0 Å². The van der Waals surface area contributed by atoms with E-state index in [9.17, 15) is 0 Å². The average molecular weight is 446 g/mol. The van der Waals surface area contributed by atoms with Crippen LogP contribution in [0.4, 0.5) is 5.82 Å². The number of hydrogen-bond donors (Lipinski definition) is 1. The zero-order chi connectivity index (χ0) is 23.4. The summed E-state index contributed by atoms with van der Waals surface area (Å²) in [6, 6.07) is 13.9. The molecule has 0 bridgehead atoms. The van der Waals surface area contributed by atoms with E-state index in [2.05, 4.69) is 39.9 Å². The number of ether oxygens (including phenoxy) is 2. The van der Waals surface area contributed by atoms with E-state index in [0.29, 0.717) is 18.5 Å². The van der Waals surface area contributed by atoms with E-state index < -0.39 is 0 Å². The monoisotopic (exact) mass is 445 g/mol. The Kier molecular flexibility index (Phi) is 6.60. The molecule has 0 aliphatic carbocycles. The number of hydrogen-bond acceptors (Lipinski definition) is 7. The lowest BCUT2D eigenvalue weighted by Crippen LogP contribution is -2.36. The lowest BCUT2D eigenvalue weighted by molar-refractivity contribution is 0.319. The van der Waals surface area contributed by atoms with Crippen LogP contribution in [0, 0.1) is 6.92 Å². The van der Waals surface area contributed by atoms with Crippen molar-refractivity contribution in [2.45, 2.75) is 26.4 Å². The fourth-order valence-corrected chi connectivity index (χ4v) is 3.58. The first-order valence-electron chi connectivity index (χ1n) is 10.8. The van der Waals surface area contributed by atoms with Crippen LogP contribution in [0.3, 0.4) is 0 Å². The summed E-state index contributed by atoms with van der Waals surface area (Å²) in [6.45, 7) is 9.01. The summed E-state index contributed by atoms with van der Waals surface area (Å²) in [7, 11) is 3.64. The Hall–Kier alpha value is -3.84. The highest BCUT2D eigenvalue weighted by Gasteiger charge is 2.21. The molecule has 1 N–H and O–H groups in total. The number of benzene rings is 1. The topological polar surface area (TPSA) is 62.8 Å². The van der Waals surface area contributed by atoms with Gasteiger partial charge in [0.15, 0.2) is 5.82 Å². The minimum atomic E-state index is 0. The summed E-state index contributed by atoms with van der Waals surface area (Å²) >= 11 is 0. The first kappa shape index (κ1) is 22.4. The van der Waals surface area contributed by atoms with Crippen LogP contribution in [0.5, 0.6) is 17.4 Å². The zero-order valence-electron chi connectivity index (χ0n) is 19.4. The van der Waals surface area contributed by atoms with Gasteiger partial charge in [-0.15, -0.1) is 0 Å². The third-order valence-corrected chi connectivity index (χ3v) is 5.74. The highest BCUT2D eigenvalue weighted by molar-refractivity contribution is 5.67. The molecule has 0 radical (unpaired) electrons. The van der Waals surface area contributed by atoms with Gasteiger partial charge in [-0.1, -0.05) is 24.8 Å². The smallest absolute Gasteiger partial charge is 0.212 e. The highest BCUT2D eigenvalue weighted by Crippen LogP contribution is 2.31. The minimum Gasteiger partial charge on any atom is -0.481 e. The molecule has 1 aliphatic heterocycles. The number of nitrogens with zero attached hydrogens (tertiary/aromatic N) is 4. The normalized spacial score (nSPS) is 15.5. The van der Waals surface area contributed by atoms with Crippen LogP contribution in [0.15, 0.2) is 73.7 Å². The molecule has 2 aromatic heterocycles. The van der Waals surface area contributed by atoms with Crippen molar-refractivity contribution in [3.63, 3.8) is 0 Å². The molecular formula is C26H31N5O2. The molecule has 0 spiro atoms. The fourth-order valence-electron chi connectivity index (χ4n) is 3.58. The SMILES string of the molecule is C=C(NCc1ccc(OC)nc1)c1cccc(Oc2ccnc(N3C=CC(C)N3C)c2)c1C.[HH]. The van der Waals surface area contributed by atoms with Gasteiger partial charge in [-0.2, -0.15) is 0 Å². The lowest BCUT2D eigenvalue weighted by Gasteiger charge is -2.27. The number of nitrogens with one attached hydrogen (secondary N) is 1. The van der Waals surface area contributed by atoms with Gasteiger partial charge in [0, 0.05) is 68.6 Å². The van der Waals surface area contributed by atoms with Gasteiger partial charge in [-0.25, -0.2) is 15.0 Å². The first-order valence-corrected chi connectivity index (χ1v) is 10.8. The summed E-state index contributed by atoms with van der Waals surface area (Å²) < 4.78 is 11.4. The molecule has 0 amide bonds. The average Bonchev–Trinajstić information content (AvgIpc) is 3.17. The largest absolute Gasteiger partial charge is 0.481 e. The van der Waals surface area contributed by atoms with E-state index >= 15 is 0 Å². The van der Waals surface area contributed by atoms with Gasteiger partial charge in [-0.05, 0) is 37.6 Å². The Morgan fingerprint density at radius 2 is 2.06 bits per heavy atom. The maximum Gasteiger partial charge on any atom is 0.212 e. The van der Waals surface area contributed by atoms with Gasteiger partial charge < -0.3 is 14.8 Å². The van der Waals surface area contributed by atoms with Crippen LogP contribution in [-0.4, -0.2) is 35.2 Å². The van der Waals surface area contributed by atoms with E-state index in [0.717, 1.165) is 39.7 Å². The van der Waals surface area contributed by atoms with Crippen molar-refractivity contribution in [3.05, 3.63) is 90.4 Å². The second-order valence-corrected chi connectivity index (χ2v) is 7.92. The molecule has 3 aromatic rings. The predicted molar refractivity (Wildman–Crippen MR) is 133 cm³/mol. The van der Waals surface area contributed by atoms with Crippen LogP contribution in [0.1, 0.15) is 25.0 Å². The Morgan fingerprint density at radius 3 is 2.76 bits per heavy atom. The van der Waals surface area contributed by atoms with Crippen molar-refractivity contribution in [3.8, 4) is 17.4 Å². The second kappa shape index (κ2) is 9.75. The van der Waals surface area contributed by atoms with Crippen molar-refractivity contribution in [1.29, 1.82) is 0 Å². The molecule has 1 aliphatic rings. The number of rotatable bonds is 8. The van der Waals surface area contributed by atoms with Crippen LogP contribution in [-0.2, 0) is 6.54 Å². The maximum absolute atomic E-state index is 6.25. The molecule has 7 heteroatoms. The third kappa shape index (κ3) is 4.99. The van der Waals surface area contributed by atoms with Gasteiger partial charge in [-0.3, -0.25) is 5.01 Å². The Morgan fingerprint density at radius 1 is 1.21 bits per heavy atom. The van der Waals surface area contributed by atoms with Crippen LogP contribution in [0.2, 0.25) is 0 Å². The molecule has 7 nitrogen and oxygen atoms in total. The Balaban J connectivity index is 0.00000324. The van der Waals surface area contributed by atoms with Crippen molar-refractivity contribution >= 4 is 11.5 Å². The Bertz CT molecular complexity index is 1170. The zero-order valence-corrected chi connectivity index (χ0v) is 19.4. The quantitative estimate of drug-likeness (QED) is 0.514. The standard InChI is InChI=1S/C26H29N5O2.H2/c1-18-12-14-31(30(18)4)25-15-22(11-13-27-25)33-24-8-6-7-23(19(24)2)20(3)28-16-21-9-10-26(32-5)29-17-21;/h6-15,17-18,28H,3,16H2,1-2,4-5H3;1H. The lowest BCUT2D eigenvalue weighted by atomic mass is 10.1. The number of methoxy groups -OCH3 is 1. The van der Waals surface area contributed by atoms with Crippen molar-refractivity contribution in [2.75, 3.05) is 19.2 Å². The molecule has 1 atom stereocenters. The fraction of sp³-hybridized carbons (Fsp3) is 0.231. The van der Waals surface area contributed by atoms with E-state index in [1.54, 1.807) is 19.5 Å². The minimum absolute atomic E-state index is 0. The highest BCUT2D eigenvalue weighted by atomic mass is 16.5. The maximum atomic E-state index is 6.25. The molecule has 172 valence electrons. The molecule has 0 saturated carbocycles. The molecule has 1 unspecified atom stereocenters. The number of anilines is 1. The molecule has 3 heterocycles. The molecule has 33 heavy (non-hydrogen) atoms. The number of pyridine rings is 2. The number of aromatic nitrogens is 2. The van der Waals surface area contributed by atoms with Gasteiger partial charge in [0.2, 0.25) is 5.88 Å².